The summed E-state index contributed by atoms with van der Waals surface area (Å²) in [5, 5.41) is 8.85. The number of esters is 3. The molecule has 6 saturated carbocycles. The van der Waals surface area contributed by atoms with E-state index in [-0.39, 0.29) is 47.6 Å². The van der Waals surface area contributed by atoms with Crippen LogP contribution in [0, 0.1) is 47.3 Å². The van der Waals surface area contributed by atoms with Crippen LogP contribution < -0.4 is 0 Å². The second-order valence-electron chi connectivity index (χ2n) is 15.4. The zero-order chi connectivity index (χ0) is 33.5. The minimum Gasteiger partial charge on any atom is -0.508 e. The van der Waals surface area contributed by atoms with Gasteiger partial charge in [0.2, 0.25) is 0 Å². The lowest BCUT2D eigenvalue weighted by atomic mass is 9.50. The molecule has 0 aromatic heterocycles. The van der Waals surface area contributed by atoms with Gasteiger partial charge in [-0.3, -0.25) is 9.59 Å². The number of aromatic hydroxyl groups is 1. The maximum absolute atomic E-state index is 12.6. The average Bonchev–Trinajstić information content (AvgIpc) is 3.70. The molecule has 2 aromatic rings. The Bertz CT molecular complexity index is 1400. The van der Waals surface area contributed by atoms with E-state index in [1.165, 1.54) is 43.2 Å². The summed E-state index contributed by atoms with van der Waals surface area (Å²) in [7, 11) is 0. The molecule has 0 radical (unpaired) electrons. The molecule has 5 atom stereocenters. The predicted octanol–water partition coefficient (Wildman–Crippen LogP) is 7.71. The van der Waals surface area contributed by atoms with Crippen LogP contribution in [0.4, 0.5) is 0 Å². The summed E-state index contributed by atoms with van der Waals surface area (Å²) >= 11 is 0. The van der Waals surface area contributed by atoms with E-state index in [2.05, 4.69) is 20.8 Å². The first kappa shape index (κ1) is 33.5. The number of aryl methyl sites for hydroxylation is 2. The van der Waals surface area contributed by atoms with Crippen LogP contribution in [0.25, 0.3) is 0 Å². The third-order valence-corrected chi connectivity index (χ3v) is 12.2. The summed E-state index contributed by atoms with van der Waals surface area (Å²) in [6.45, 7) is 10.1. The molecule has 1 saturated heterocycles. The topological polar surface area (TPSA) is 99.1 Å². The molecular weight excluding hydrogens is 592 g/mol. The Balaban J connectivity index is 0.000000135. The Labute approximate surface area is 279 Å². The highest BCUT2D eigenvalue weighted by Gasteiger charge is 2.63. The van der Waals surface area contributed by atoms with E-state index in [0.29, 0.717) is 35.0 Å². The quantitative estimate of drug-likeness (QED) is 0.254. The van der Waals surface area contributed by atoms with Crippen molar-refractivity contribution in [1.82, 2.24) is 0 Å². The molecule has 0 amide bonds. The highest BCUT2D eigenvalue weighted by Crippen LogP contribution is 2.59. The molecule has 7 fully saturated rings. The van der Waals surface area contributed by atoms with Gasteiger partial charge < -0.3 is 19.3 Å². The fraction of sp³-hybridized carbons (Fsp3) is 0.625. The van der Waals surface area contributed by atoms with E-state index in [1.54, 1.807) is 12.1 Å². The minimum absolute atomic E-state index is 0.0828. The van der Waals surface area contributed by atoms with Crippen LogP contribution in [0.3, 0.4) is 0 Å². The van der Waals surface area contributed by atoms with Gasteiger partial charge >= 0.3 is 17.9 Å². The molecule has 5 unspecified atom stereocenters. The summed E-state index contributed by atoms with van der Waals surface area (Å²) < 4.78 is 16.9. The van der Waals surface area contributed by atoms with Gasteiger partial charge in [0, 0.05) is 11.8 Å². The lowest BCUT2D eigenvalue weighted by Gasteiger charge is -2.59. The van der Waals surface area contributed by atoms with Crippen molar-refractivity contribution in [3.63, 3.8) is 0 Å². The monoisotopic (exact) mass is 644 g/mol. The first-order valence-corrected chi connectivity index (χ1v) is 18.0. The van der Waals surface area contributed by atoms with Gasteiger partial charge in [-0.15, -0.1) is 0 Å². The van der Waals surface area contributed by atoms with Crippen molar-refractivity contribution in [2.24, 2.45) is 47.3 Å². The van der Waals surface area contributed by atoms with E-state index in [1.807, 2.05) is 50.2 Å². The maximum Gasteiger partial charge on any atom is 0.338 e. The lowest BCUT2D eigenvalue weighted by molar-refractivity contribution is -0.165. The molecule has 6 aliphatic carbocycles. The van der Waals surface area contributed by atoms with Gasteiger partial charge in [0.1, 0.15) is 23.6 Å². The molecule has 47 heavy (non-hydrogen) atoms. The van der Waals surface area contributed by atoms with Crippen LogP contribution in [-0.2, 0) is 36.6 Å². The van der Waals surface area contributed by atoms with Crippen LogP contribution in [-0.4, -0.2) is 40.8 Å². The Morgan fingerprint density at radius 3 is 1.94 bits per heavy atom. The molecule has 1 aliphatic heterocycles. The molecule has 9 rings (SSSR count). The summed E-state index contributed by atoms with van der Waals surface area (Å²) in [4.78, 5) is 35.7. The summed E-state index contributed by atoms with van der Waals surface area (Å²) in [5.74, 6) is 3.54. The van der Waals surface area contributed by atoms with E-state index in [4.69, 9.17) is 19.3 Å². The number of phenols is 1. The van der Waals surface area contributed by atoms with Crippen LogP contribution in [0.5, 0.6) is 5.75 Å². The number of phenolic OH excluding ortho intramolecular Hbond substituents is 1. The lowest BCUT2D eigenvalue weighted by Crippen LogP contribution is -2.58. The summed E-state index contributed by atoms with van der Waals surface area (Å²) in [6, 6.07) is 15.2. The number of ether oxygens (including phenoxy) is 3. The zero-order valence-corrected chi connectivity index (χ0v) is 28.7. The molecule has 2 aromatic carbocycles. The van der Waals surface area contributed by atoms with Gasteiger partial charge in [-0.2, -0.15) is 0 Å². The SMILES string of the molecule is CC(C)C(=O)OC1C2CC3C(=O)OC1C3C2.CCc1ccc(C(=O)OC2(C)C3CC4CC(C3)CC2C4)cc1.CCc1ccc(O)cc1. The number of hydrogen-bond acceptors (Lipinski definition) is 7. The summed E-state index contributed by atoms with van der Waals surface area (Å²) in [6.07, 6.45) is 10.0. The van der Waals surface area contributed by atoms with Crippen molar-refractivity contribution in [3.05, 3.63) is 65.2 Å². The number of hydrogen-bond donors (Lipinski definition) is 1. The molecular formula is C40H52O7. The smallest absolute Gasteiger partial charge is 0.338 e. The highest BCUT2D eigenvalue weighted by atomic mass is 16.6. The molecule has 7 aliphatic rings. The molecule has 7 nitrogen and oxygen atoms in total. The summed E-state index contributed by atoms with van der Waals surface area (Å²) in [5.41, 5.74) is 2.99. The van der Waals surface area contributed by atoms with Crippen molar-refractivity contribution in [3.8, 4) is 5.75 Å². The molecule has 1 heterocycles. The van der Waals surface area contributed by atoms with E-state index in [0.717, 1.165) is 37.5 Å². The van der Waals surface area contributed by atoms with Crippen molar-refractivity contribution in [2.45, 2.75) is 110 Å². The second kappa shape index (κ2) is 13.6. The Hall–Kier alpha value is -3.35. The van der Waals surface area contributed by atoms with Gasteiger partial charge in [0.05, 0.1) is 17.4 Å². The van der Waals surface area contributed by atoms with Crippen molar-refractivity contribution >= 4 is 17.9 Å². The predicted molar refractivity (Wildman–Crippen MR) is 178 cm³/mol. The van der Waals surface area contributed by atoms with Crippen molar-refractivity contribution in [2.75, 3.05) is 0 Å². The van der Waals surface area contributed by atoms with Crippen molar-refractivity contribution < 1.29 is 33.7 Å². The largest absolute Gasteiger partial charge is 0.508 e. The van der Waals surface area contributed by atoms with Gasteiger partial charge in [0.15, 0.2) is 0 Å². The van der Waals surface area contributed by atoms with E-state index < -0.39 is 0 Å². The van der Waals surface area contributed by atoms with Gasteiger partial charge in [-0.05, 0) is 124 Å². The van der Waals surface area contributed by atoms with Crippen LogP contribution in [0.2, 0.25) is 0 Å². The molecule has 6 bridgehead atoms. The number of fused-ring (bicyclic) bond motifs is 1. The Morgan fingerprint density at radius 2 is 1.40 bits per heavy atom. The second-order valence-corrected chi connectivity index (χ2v) is 15.4. The molecule has 1 N–H and O–H groups in total. The van der Waals surface area contributed by atoms with Gasteiger partial charge in [-0.25, -0.2) is 4.79 Å². The standard InChI is InChI=1S/C20H26O2.C12H16O4.C8H10O/c1-3-13-4-6-16(7-5-13)19(21)22-20(2)17-9-14-8-15(11-17)12-18(20)10-14;1-5(2)11(13)15-9-6-3-7-8(4-6)12(14)16-10(7)9;1-2-7-3-5-8(9)6-4-7/h4-7,14-15,17-18H,3,8-12H2,1-2H3;5-10H,3-4H2,1-2H3;3-6,9H,2H2,1H3. The molecule has 254 valence electrons. The fourth-order valence-electron chi connectivity index (χ4n) is 9.49. The molecule has 7 heteroatoms. The molecule has 0 spiro atoms. The van der Waals surface area contributed by atoms with Gasteiger partial charge in [-0.1, -0.05) is 52.0 Å². The number of carbonyl (C=O) groups is 3. The van der Waals surface area contributed by atoms with Crippen LogP contribution in [0.1, 0.15) is 101 Å². The third kappa shape index (κ3) is 6.82. The first-order chi connectivity index (χ1) is 22.5. The van der Waals surface area contributed by atoms with Gasteiger partial charge in [0.25, 0.3) is 0 Å². The average molecular weight is 645 g/mol. The van der Waals surface area contributed by atoms with E-state index >= 15 is 0 Å². The Morgan fingerprint density at radius 1 is 0.851 bits per heavy atom. The number of rotatable bonds is 6. The minimum atomic E-state index is -0.228. The first-order valence-electron chi connectivity index (χ1n) is 18.0. The van der Waals surface area contributed by atoms with Crippen molar-refractivity contribution in [1.29, 1.82) is 0 Å². The van der Waals surface area contributed by atoms with E-state index in [9.17, 15) is 14.4 Å². The number of carbonyl (C=O) groups excluding carboxylic acids is 3. The van der Waals surface area contributed by atoms with Crippen LogP contribution >= 0.6 is 0 Å². The van der Waals surface area contributed by atoms with Crippen LogP contribution in [0.15, 0.2) is 48.5 Å². The fourth-order valence-corrected chi connectivity index (χ4v) is 9.49. The zero-order valence-electron chi connectivity index (χ0n) is 28.7. The number of benzene rings is 2. The third-order valence-electron chi connectivity index (χ3n) is 12.2. The normalized spacial score (nSPS) is 35.0. The Kier molecular flexibility index (Phi) is 9.74. The highest BCUT2D eigenvalue weighted by molar-refractivity contribution is 5.89. The maximum atomic E-state index is 12.6.